The zero-order valence-electron chi connectivity index (χ0n) is 7.92. The summed E-state index contributed by atoms with van der Waals surface area (Å²) in [4.78, 5) is 11.7. The molecule has 0 bridgehead atoms. The van der Waals surface area contributed by atoms with Crippen LogP contribution in [0.25, 0.3) is 0 Å². The molecular weight excluding hydrogens is 172 g/mol. The van der Waals surface area contributed by atoms with Gasteiger partial charge in [0.05, 0.1) is 6.61 Å². The van der Waals surface area contributed by atoms with Gasteiger partial charge in [-0.25, -0.2) is 0 Å². The molecule has 0 radical (unpaired) electrons. The molecule has 0 aliphatic carbocycles. The van der Waals surface area contributed by atoms with Crippen molar-refractivity contribution >= 4 is 17.5 Å². The third-order valence-corrected chi connectivity index (χ3v) is 2.84. The van der Waals surface area contributed by atoms with Gasteiger partial charge < -0.3 is 4.74 Å². The van der Waals surface area contributed by atoms with E-state index < -0.39 is 0 Å². The van der Waals surface area contributed by atoms with Gasteiger partial charge in [0.2, 0.25) is 0 Å². The van der Waals surface area contributed by atoms with E-state index in [1.807, 2.05) is 20.8 Å². The van der Waals surface area contributed by atoms with Crippen LogP contribution in [-0.2, 0) is 9.53 Å². The van der Waals surface area contributed by atoms with Crippen LogP contribution >= 0.6 is 11.8 Å². The molecule has 12 heavy (non-hydrogen) atoms. The molecule has 0 aromatic heterocycles. The van der Waals surface area contributed by atoms with E-state index in [1.54, 1.807) is 11.8 Å². The monoisotopic (exact) mass is 188 g/mol. The van der Waals surface area contributed by atoms with Crippen LogP contribution in [0, 0.1) is 5.41 Å². The fourth-order valence-corrected chi connectivity index (χ4v) is 1.96. The Kier molecular flexibility index (Phi) is 3.18. The maximum Gasteiger partial charge on any atom is 0.167 e. The molecule has 0 saturated carbocycles. The van der Waals surface area contributed by atoms with Crippen LogP contribution in [0.1, 0.15) is 20.8 Å². The molecule has 0 amide bonds. The normalized spacial score (nSPS) is 25.4. The number of carbonyl (C=O) groups excluding carboxylic acids is 1. The second-order valence-electron chi connectivity index (χ2n) is 4.05. The van der Waals surface area contributed by atoms with Crippen molar-refractivity contribution in [1.29, 1.82) is 0 Å². The van der Waals surface area contributed by atoms with Crippen molar-refractivity contribution in [1.82, 2.24) is 0 Å². The van der Waals surface area contributed by atoms with Gasteiger partial charge in [0, 0.05) is 16.9 Å². The van der Waals surface area contributed by atoms with Gasteiger partial charge in [-0.2, -0.15) is 11.8 Å². The molecule has 0 spiro atoms. The predicted molar refractivity (Wildman–Crippen MR) is 51.5 cm³/mol. The topological polar surface area (TPSA) is 26.3 Å². The third kappa shape index (κ3) is 2.49. The van der Waals surface area contributed by atoms with Crippen LogP contribution in [0.15, 0.2) is 0 Å². The minimum Gasteiger partial charge on any atom is -0.369 e. The highest BCUT2D eigenvalue weighted by atomic mass is 32.2. The van der Waals surface area contributed by atoms with E-state index >= 15 is 0 Å². The summed E-state index contributed by atoms with van der Waals surface area (Å²) >= 11 is 1.80. The van der Waals surface area contributed by atoms with Crippen LogP contribution in [0.2, 0.25) is 0 Å². The Morgan fingerprint density at radius 1 is 1.50 bits per heavy atom. The molecule has 2 nitrogen and oxygen atoms in total. The number of Topliss-reactive ketones (excluding diaryl/α,β-unsaturated/α-hetero) is 1. The molecule has 1 aliphatic rings. The summed E-state index contributed by atoms with van der Waals surface area (Å²) in [5.74, 6) is 2.08. The van der Waals surface area contributed by atoms with Crippen molar-refractivity contribution in [2.24, 2.45) is 5.41 Å². The fraction of sp³-hybridized carbons (Fsp3) is 0.889. The Labute approximate surface area is 78.1 Å². The molecule has 0 aromatic carbocycles. The van der Waals surface area contributed by atoms with Crippen LogP contribution in [-0.4, -0.2) is 30.0 Å². The van der Waals surface area contributed by atoms with E-state index in [0.29, 0.717) is 0 Å². The van der Waals surface area contributed by atoms with Gasteiger partial charge in [-0.3, -0.25) is 4.79 Å². The largest absolute Gasteiger partial charge is 0.369 e. The summed E-state index contributed by atoms with van der Waals surface area (Å²) in [6, 6.07) is 0. The first-order valence-corrected chi connectivity index (χ1v) is 5.41. The van der Waals surface area contributed by atoms with Crippen molar-refractivity contribution in [2.75, 3.05) is 18.1 Å². The van der Waals surface area contributed by atoms with Gasteiger partial charge in [-0.05, 0) is 0 Å². The summed E-state index contributed by atoms with van der Waals surface area (Å²) in [5.41, 5.74) is -0.261. The maximum absolute atomic E-state index is 11.7. The second kappa shape index (κ2) is 3.79. The molecule has 1 aliphatic heterocycles. The predicted octanol–water partition coefficient (Wildman–Crippen LogP) is 1.73. The number of ether oxygens (including phenoxy) is 1. The number of thioether (sulfide) groups is 1. The zero-order chi connectivity index (χ0) is 9.19. The Morgan fingerprint density at radius 3 is 2.58 bits per heavy atom. The minimum absolute atomic E-state index is 0.163. The molecule has 0 aromatic rings. The highest BCUT2D eigenvalue weighted by Gasteiger charge is 2.31. The lowest BCUT2D eigenvalue weighted by Gasteiger charge is -2.27. The first-order valence-electron chi connectivity index (χ1n) is 4.25. The minimum atomic E-state index is -0.261. The quantitative estimate of drug-likeness (QED) is 0.627. The number of hydrogen-bond acceptors (Lipinski definition) is 3. The highest BCUT2D eigenvalue weighted by Crippen LogP contribution is 2.23. The molecular formula is C9H16O2S. The Balaban J connectivity index is 2.51. The third-order valence-electron chi connectivity index (χ3n) is 1.85. The van der Waals surface area contributed by atoms with Crippen molar-refractivity contribution < 1.29 is 9.53 Å². The summed E-state index contributed by atoms with van der Waals surface area (Å²) in [5, 5.41) is 0. The lowest BCUT2D eigenvalue weighted by molar-refractivity contribution is -0.136. The first kappa shape index (κ1) is 10.1. The molecule has 1 atom stereocenters. The van der Waals surface area contributed by atoms with Gasteiger partial charge in [0.1, 0.15) is 6.10 Å². The molecule has 1 unspecified atom stereocenters. The molecule has 1 rings (SSSR count). The summed E-state index contributed by atoms with van der Waals surface area (Å²) in [7, 11) is 0. The average Bonchev–Trinajstić information content (AvgIpc) is 2.03. The van der Waals surface area contributed by atoms with E-state index in [9.17, 15) is 4.79 Å². The van der Waals surface area contributed by atoms with Gasteiger partial charge in [0.15, 0.2) is 5.78 Å². The average molecular weight is 188 g/mol. The van der Waals surface area contributed by atoms with E-state index in [2.05, 4.69) is 0 Å². The van der Waals surface area contributed by atoms with Crippen LogP contribution in [0.5, 0.6) is 0 Å². The van der Waals surface area contributed by atoms with E-state index in [0.717, 1.165) is 18.1 Å². The van der Waals surface area contributed by atoms with E-state index in [1.165, 1.54) is 0 Å². The Morgan fingerprint density at radius 2 is 2.17 bits per heavy atom. The summed E-state index contributed by atoms with van der Waals surface area (Å²) < 4.78 is 5.40. The van der Waals surface area contributed by atoms with Gasteiger partial charge in [-0.15, -0.1) is 0 Å². The van der Waals surface area contributed by atoms with Gasteiger partial charge in [-0.1, -0.05) is 20.8 Å². The van der Waals surface area contributed by atoms with Crippen molar-refractivity contribution in [3.63, 3.8) is 0 Å². The van der Waals surface area contributed by atoms with Crippen molar-refractivity contribution in [3.8, 4) is 0 Å². The SMILES string of the molecule is CC(C)(C)C(=O)C1CSCCO1. The summed E-state index contributed by atoms with van der Waals surface area (Å²) in [6.07, 6.45) is -0.163. The first-order chi connectivity index (χ1) is 5.52. The molecule has 0 N–H and O–H groups in total. The maximum atomic E-state index is 11.7. The van der Waals surface area contributed by atoms with Crippen molar-refractivity contribution in [2.45, 2.75) is 26.9 Å². The van der Waals surface area contributed by atoms with Crippen LogP contribution in [0.3, 0.4) is 0 Å². The Bertz CT molecular complexity index is 166. The molecule has 1 heterocycles. The summed E-state index contributed by atoms with van der Waals surface area (Å²) in [6.45, 7) is 6.55. The van der Waals surface area contributed by atoms with Gasteiger partial charge >= 0.3 is 0 Å². The van der Waals surface area contributed by atoms with Gasteiger partial charge in [0.25, 0.3) is 0 Å². The van der Waals surface area contributed by atoms with Crippen molar-refractivity contribution in [3.05, 3.63) is 0 Å². The molecule has 70 valence electrons. The number of carbonyl (C=O) groups is 1. The smallest absolute Gasteiger partial charge is 0.167 e. The van der Waals surface area contributed by atoms with E-state index in [4.69, 9.17) is 4.74 Å². The van der Waals surface area contributed by atoms with Crippen LogP contribution in [0.4, 0.5) is 0 Å². The fourth-order valence-electron chi connectivity index (χ4n) is 1.12. The second-order valence-corrected chi connectivity index (χ2v) is 5.20. The zero-order valence-corrected chi connectivity index (χ0v) is 8.74. The lowest BCUT2D eigenvalue weighted by Crippen LogP contribution is -2.38. The van der Waals surface area contributed by atoms with E-state index in [-0.39, 0.29) is 17.3 Å². The molecule has 1 fully saturated rings. The number of hydrogen-bond donors (Lipinski definition) is 0. The molecule has 3 heteroatoms. The Hall–Kier alpha value is -0.0200. The van der Waals surface area contributed by atoms with Crippen LogP contribution < -0.4 is 0 Å². The molecule has 1 saturated heterocycles. The lowest BCUT2D eigenvalue weighted by atomic mass is 9.88. The highest BCUT2D eigenvalue weighted by molar-refractivity contribution is 7.99. The number of ketones is 1. The standard InChI is InChI=1S/C9H16O2S/c1-9(2,3)8(10)7-6-12-5-4-11-7/h7H,4-6H2,1-3H3. The number of rotatable bonds is 1.